The average molecular weight is 862 g/mol. The summed E-state index contributed by atoms with van der Waals surface area (Å²) in [5.41, 5.74) is 20.9. The van der Waals surface area contributed by atoms with E-state index in [9.17, 15) is 0 Å². The van der Waals surface area contributed by atoms with Crippen molar-refractivity contribution in [3.8, 4) is 17.1 Å². The SMILES string of the molecule is Cc1ccc2c(c1)c1cc(C)cc3c1n2-c1c2c(c4c5ccccc5c5cc(-n6c7ccccc7c7ccccc76)cc6c7ccccc7c1c4c65)-n1c4ccc(C)cc4c4cc(C)cc(c41)B23. The molecule has 68 heavy (non-hydrogen) atoms. The van der Waals surface area contributed by atoms with Gasteiger partial charge in [0.15, 0.2) is 0 Å². The number of rotatable bonds is 1. The third-order valence-electron chi connectivity index (χ3n) is 16.4. The van der Waals surface area contributed by atoms with Gasteiger partial charge in [0.05, 0.1) is 33.4 Å². The van der Waals surface area contributed by atoms with E-state index in [1.54, 1.807) is 0 Å². The minimum atomic E-state index is 0.0157. The lowest BCUT2D eigenvalue weighted by atomic mass is 9.33. The van der Waals surface area contributed by atoms with Crippen LogP contribution in [0.5, 0.6) is 0 Å². The van der Waals surface area contributed by atoms with Crippen LogP contribution in [-0.4, -0.2) is 20.4 Å². The van der Waals surface area contributed by atoms with E-state index in [4.69, 9.17) is 0 Å². The molecule has 3 nitrogen and oxygen atoms in total. The molecule has 2 aliphatic rings. The number of hydrogen-bond donors (Lipinski definition) is 0. The molecule has 2 aliphatic heterocycles. The fourth-order valence-corrected chi connectivity index (χ4v) is 14.0. The Balaban J connectivity index is 1.20. The Labute approximate surface area is 391 Å². The monoisotopic (exact) mass is 861 g/mol. The largest absolute Gasteiger partial charge is 0.310 e. The van der Waals surface area contributed by atoms with Crippen LogP contribution in [0.15, 0.2) is 170 Å². The van der Waals surface area contributed by atoms with Crippen LogP contribution in [-0.2, 0) is 0 Å². The summed E-state index contributed by atoms with van der Waals surface area (Å²) >= 11 is 0. The molecular formula is C64H40BN3. The van der Waals surface area contributed by atoms with Gasteiger partial charge in [-0.15, -0.1) is 0 Å². The maximum atomic E-state index is 2.71. The molecule has 3 aromatic heterocycles. The molecule has 0 spiro atoms. The molecule has 0 saturated carbocycles. The highest BCUT2D eigenvalue weighted by molar-refractivity contribution is 7.01. The van der Waals surface area contributed by atoms with Crippen molar-refractivity contribution in [2.45, 2.75) is 27.7 Å². The van der Waals surface area contributed by atoms with E-state index >= 15 is 0 Å². The summed E-state index contributed by atoms with van der Waals surface area (Å²) in [6, 6.07) is 65.8. The van der Waals surface area contributed by atoms with E-state index < -0.39 is 0 Å². The zero-order valence-corrected chi connectivity index (χ0v) is 38.1. The Morgan fingerprint density at radius 2 is 0.706 bits per heavy atom. The van der Waals surface area contributed by atoms with Crippen molar-refractivity contribution in [1.29, 1.82) is 0 Å². The Morgan fingerprint density at radius 3 is 1.19 bits per heavy atom. The van der Waals surface area contributed by atoms with E-state index in [0.717, 1.165) is 0 Å². The summed E-state index contributed by atoms with van der Waals surface area (Å²) in [7, 11) is 0. The number of aromatic nitrogens is 3. The molecule has 314 valence electrons. The van der Waals surface area contributed by atoms with Crippen LogP contribution in [0, 0.1) is 27.7 Å². The summed E-state index contributed by atoms with van der Waals surface area (Å²) in [4.78, 5) is 0. The third-order valence-corrected chi connectivity index (χ3v) is 16.4. The Bertz CT molecular complexity index is 4600. The van der Waals surface area contributed by atoms with Gasteiger partial charge in [-0.1, -0.05) is 131 Å². The lowest BCUT2D eigenvalue weighted by Crippen LogP contribution is -2.59. The number of benzene rings is 12. The quantitative estimate of drug-likeness (QED) is 0.0887. The number of para-hydroxylation sites is 2. The predicted molar refractivity (Wildman–Crippen MR) is 292 cm³/mol. The molecule has 17 rings (SSSR count). The van der Waals surface area contributed by atoms with E-state index in [1.807, 2.05) is 0 Å². The van der Waals surface area contributed by atoms with E-state index in [-0.39, 0.29) is 6.71 Å². The highest BCUT2D eigenvalue weighted by Gasteiger charge is 2.44. The number of nitrogens with zero attached hydrogens (tertiary/aromatic N) is 3. The van der Waals surface area contributed by atoms with Crippen molar-refractivity contribution in [3.05, 3.63) is 192 Å². The highest BCUT2D eigenvalue weighted by Crippen LogP contribution is 2.53. The molecule has 0 unspecified atom stereocenters. The first-order chi connectivity index (χ1) is 33.4. The zero-order chi connectivity index (χ0) is 44.6. The Morgan fingerprint density at radius 1 is 0.294 bits per heavy atom. The van der Waals surface area contributed by atoms with Gasteiger partial charge in [-0.2, -0.15) is 0 Å². The van der Waals surface area contributed by atoms with Crippen molar-refractivity contribution in [3.63, 3.8) is 0 Å². The summed E-state index contributed by atoms with van der Waals surface area (Å²) in [5.74, 6) is 0. The minimum absolute atomic E-state index is 0.0157. The summed E-state index contributed by atoms with van der Waals surface area (Å²) in [6.07, 6.45) is 0. The first-order valence-corrected chi connectivity index (χ1v) is 24.1. The van der Waals surface area contributed by atoms with Crippen LogP contribution in [0.25, 0.3) is 136 Å². The van der Waals surface area contributed by atoms with Gasteiger partial charge < -0.3 is 13.7 Å². The molecule has 0 saturated heterocycles. The van der Waals surface area contributed by atoms with Gasteiger partial charge in [-0.05, 0) is 142 Å². The molecule has 5 heterocycles. The van der Waals surface area contributed by atoms with Crippen molar-refractivity contribution in [1.82, 2.24) is 13.7 Å². The van der Waals surface area contributed by atoms with Gasteiger partial charge in [0, 0.05) is 65.2 Å². The van der Waals surface area contributed by atoms with E-state index in [1.165, 1.54) is 175 Å². The standard InChI is InChI=1S/C64H40BN3/c1-33-21-23-54-44(25-33)48-27-35(3)29-50-61(48)67(54)63-57-42-17-7-5-13-38(42)46-31-37(66-52-19-11-9-15-40(52)41-16-10-12-20-53(41)66)32-47-39-14-6-8-18-43(39)58(59(57)56(46)47)64-60(63)65(50)51-30-36(4)28-49-45-26-34(2)22-24-55(45)68(64)62(49)51/h5-32H,1-4H3. The highest BCUT2D eigenvalue weighted by atomic mass is 15.0. The number of fused-ring (bicyclic) bond motifs is 21. The molecule has 15 aromatic rings. The second-order valence-electron chi connectivity index (χ2n) is 20.3. The second kappa shape index (κ2) is 12.0. The van der Waals surface area contributed by atoms with Crippen LogP contribution >= 0.6 is 0 Å². The van der Waals surface area contributed by atoms with Crippen LogP contribution in [0.3, 0.4) is 0 Å². The fraction of sp³-hybridized carbons (Fsp3) is 0.0625. The Kier molecular flexibility index (Phi) is 6.31. The maximum absolute atomic E-state index is 2.71. The van der Waals surface area contributed by atoms with Crippen LogP contribution in [0.4, 0.5) is 0 Å². The smallest absolute Gasteiger partial charge is 0.252 e. The van der Waals surface area contributed by atoms with Gasteiger partial charge in [0.25, 0.3) is 6.71 Å². The van der Waals surface area contributed by atoms with E-state index in [2.05, 4.69) is 211 Å². The molecular weight excluding hydrogens is 822 g/mol. The molecule has 4 heteroatoms. The predicted octanol–water partition coefficient (Wildman–Crippen LogP) is 14.6. The summed E-state index contributed by atoms with van der Waals surface area (Å²) in [6.45, 7) is 9.10. The van der Waals surface area contributed by atoms with Crippen LogP contribution in [0.1, 0.15) is 22.3 Å². The molecule has 0 N–H and O–H groups in total. The zero-order valence-electron chi connectivity index (χ0n) is 38.1. The van der Waals surface area contributed by atoms with Gasteiger partial charge in [-0.3, -0.25) is 0 Å². The van der Waals surface area contributed by atoms with Gasteiger partial charge >= 0.3 is 0 Å². The number of hydrogen-bond acceptors (Lipinski definition) is 0. The van der Waals surface area contributed by atoms with Crippen LogP contribution < -0.4 is 16.4 Å². The van der Waals surface area contributed by atoms with E-state index in [0.29, 0.717) is 0 Å². The van der Waals surface area contributed by atoms with Gasteiger partial charge in [0.1, 0.15) is 0 Å². The average Bonchev–Trinajstić information content (AvgIpc) is 3.98. The van der Waals surface area contributed by atoms with Crippen molar-refractivity contribution in [2.75, 3.05) is 0 Å². The molecule has 0 fully saturated rings. The molecule has 12 aromatic carbocycles. The summed E-state index contributed by atoms with van der Waals surface area (Å²) < 4.78 is 7.93. The van der Waals surface area contributed by atoms with Crippen molar-refractivity contribution >= 4 is 142 Å². The minimum Gasteiger partial charge on any atom is -0.310 e. The molecule has 0 atom stereocenters. The fourth-order valence-electron chi connectivity index (χ4n) is 14.0. The van der Waals surface area contributed by atoms with Crippen molar-refractivity contribution < 1.29 is 0 Å². The van der Waals surface area contributed by atoms with Crippen molar-refractivity contribution in [2.24, 2.45) is 0 Å². The lowest BCUT2D eigenvalue weighted by molar-refractivity contribution is 1.17. The molecule has 0 aliphatic carbocycles. The topological polar surface area (TPSA) is 14.8 Å². The molecule has 0 amide bonds. The first-order valence-electron chi connectivity index (χ1n) is 24.1. The van der Waals surface area contributed by atoms with Crippen LogP contribution in [0.2, 0.25) is 0 Å². The maximum Gasteiger partial charge on any atom is 0.252 e. The van der Waals surface area contributed by atoms with Gasteiger partial charge in [-0.25, -0.2) is 0 Å². The molecule has 0 radical (unpaired) electrons. The third kappa shape index (κ3) is 4.06. The lowest BCUT2D eigenvalue weighted by Gasteiger charge is -2.37. The van der Waals surface area contributed by atoms with Gasteiger partial charge in [0.2, 0.25) is 0 Å². The first kappa shape index (κ1) is 35.9. The number of aryl methyl sites for hydroxylation is 4. The normalized spacial score (nSPS) is 13.3. The Hall–Kier alpha value is -8.34. The summed E-state index contributed by atoms with van der Waals surface area (Å²) in [5, 5.41) is 21.0. The molecule has 0 bridgehead atoms. The second-order valence-corrected chi connectivity index (χ2v) is 20.3.